The normalized spacial score (nSPS) is 26.7. The molecular weight excluding hydrogens is 665 g/mol. The summed E-state index contributed by atoms with van der Waals surface area (Å²) in [7, 11) is 7.18. The largest absolute Gasteiger partial charge is 0.496 e. The quantitative estimate of drug-likeness (QED) is 0.170. The number of fused-ring (bicyclic) bond motifs is 2. The number of aryl methyl sites for hydroxylation is 1. The number of hydrogen-bond acceptors (Lipinski definition) is 7. The molecule has 3 saturated carbocycles. The number of carbonyl (C=O) groups is 2. The number of nitrogens with zero attached hydrogens (tertiary/aromatic N) is 2. The zero-order chi connectivity index (χ0) is 38.0. The Kier molecular flexibility index (Phi) is 11.9. The van der Waals surface area contributed by atoms with E-state index in [1.54, 1.807) is 19.2 Å². The van der Waals surface area contributed by atoms with Gasteiger partial charge in [0.05, 0.1) is 20.3 Å². The summed E-state index contributed by atoms with van der Waals surface area (Å²) in [4.78, 5) is 36.0. The molecule has 3 aromatic rings. The lowest BCUT2D eigenvalue weighted by Gasteiger charge is -2.62. The molecule has 4 fully saturated rings. The lowest BCUT2D eigenvalue weighted by atomic mass is 9.45. The number of anilines is 1. The van der Waals surface area contributed by atoms with E-state index in [4.69, 9.17) is 9.57 Å². The average molecular weight is 725 g/mol. The van der Waals surface area contributed by atoms with Gasteiger partial charge in [0.25, 0.3) is 5.91 Å². The molecule has 286 valence electrons. The molecule has 0 aromatic heterocycles. The van der Waals surface area contributed by atoms with Crippen molar-refractivity contribution in [2.75, 3.05) is 39.8 Å². The van der Waals surface area contributed by atoms with Crippen LogP contribution in [-0.2, 0) is 22.6 Å². The highest BCUT2D eigenvalue weighted by Gasteiger charge is 2.57. The van der Waals surface area contributed by atoms with Crippen molar-refractivity contribution in [3.8, 4) is 16.9 Å². The molecule has 1 unspecified atom stereocenters. The lowest BCUT2D eigenvalue weighted by Crippen LogP contribution is -2.62. The van der Waals surface area contributed by atoms with Gasteiger partial charge in [-0.3, -0.25) is 14.4 Å². The third kappa shape index (κ3) is 7.84. The number of ether oxygens (including phenoxy) is 1. The predicted octanol–water partition coefficient (Wildman–Crippen LogP) is 6.73. The monoisotopic (exact) mass is 724 g/mol. The third-order valence-electron chi connectivity index (χ3n) is 13.0. The van der Waals surface area contributed by atoms with E-state index in [1.165, 1.54) is 12.0 Å². The van der Waals surface area contributed by atoms with Crippen molar-refractivity contribution in [2.45, 2.75) is 84.5 Å². The minimum absolute atomic E-state index is 0.0270. The molecule has 1 heterocycles. The summed E-state index contributed by atoms with van der Waals surface area (Å²) in [6, 6.07) is 21.8. The van der Waals surface area contributed by atoms with Crippen LogP contribution in [0.4, 0.5) is 5.69 Å². The van der Waals surface area contributed by atoms with Gasteiger partial charge in [-0.25, -0.2) is 0 Å². The molecule has 0 radical (unpaired) electrons. The fourth-order valence-electron chi connectivity index (χ4n) is 9.70. The van der Waals surface area contributed by atoms with Gasteiger partial charge in [-0.05, 0) is 90.5 Å². The van der Waals surface area contributed by atoms with E-state index in [9.17, 15) is 14.7 Å². The van der Waals surface area contributed by atoms with Gasteiger partial charge in [-0.1, -0.05) is 76.2 Å². The fourth-order valence-corrected chi connectivity index (χ4v) is 9.70. The number of rotatable bonds is 14. The van der Waals surface area contributed by atoms with Crippen molar-refractivity contribution in [2.24, 2.45) is 35.0 Å². The maximum Gasteiger partial charge on any atom is 0.251 e. The number of aliphatic hydroxyl groups is 1. The Hall–Kier alpha value is -3.92. The number of aliphatic hydroxyl groups excluding tert-OH is 1. The summed E-state index contributed by atoms with van der Waals surface area (Å²) < 4.78 is 6.11. The average Bonchev–Trinajstić information content (AvgIpc) is 3.53. The number of carbonyl (C=O) groups excluding carboxylic acids is 2. The molecule has 3 N–H and O–H groups in total. The molecular formula is C44H60N4O5. The second-order valence-electron chi connectivity index (χ2n) is 16.6. The van der Waals surface area contributed by atoms with Crippen LogP contribution in [0.2, 0.25) is 0 Å². The summed E-state index contributed by atoms with van der Waals surface area (Å²) >= 11 is 0. The van der Waals surface area contributed by atoms with Crippen LogP contribution in [0.15, 0.2) is 66.7 Å². The molecule has 3 aliphatic carbocycles. The highest BCUT2D eigenvalue weighted by atomic mass is 16.7. The number of amides is 2. The fraction of sp³-hybridized carbons (Fsp3) is 0.545. The number of para-hydroxylation sites is 1. The van der Waals surface area contributed by atoms with Gasteiger partial charge in [0.1, 0.15) is 17.9 Å². The number of nitrogens with one attached hydrogen (secondary N) is 2. The zero-order valence-corrected chi connectivity index (χ0v) is 32.9. The highest BCUT2D eigenvalue weighted by Crippen LogP contribution is 2.61. The molecule has 2 bridgehead atoms. The number of methoxy groups -OCH3 is 1. The summed E-state index contributed by atoms with van der Waals surface area (Å²) in [6.07, 6.45) is 4.56. The molecule has 9 heteroatoms. The molecule has 3 aromatic carbocycles. The Labute approximate surface area is 316 Å². The first kappa shape index (κ1) is 38.8. The Morgan fingerprint density at radius 2 is 1.83 bits per heavy atom. The van der Waals surface area contributed by atoms with Crippen LogP contribution in [-0.4, -0.2) is 75.0 Å². The van der Waals surface area contributed by atoms with Crippen LogP contribution >= 0.6 is 0 Å². The van der Waals surface area contributed by atoms with Gasteiger partial charge in [-0.15, -0.1) is 0 Å². The van der Waals surface area contributed by atoms with Gasteiger partial charge in [0, 0.05) is 55.5 Å². The molecule has 4 aliphatic rings. The van der Waals surface area contributed by atoms with Crippen LogP contribution in [0.5, 0.6) is 5.75 Å². The summed E-state index contributed by atoms with van der Waals surface area (Å²) in [5.41, 5.74) is 5.58. The van der Waals surface area contributed by atoms with E-state index in [0.717, 1.165) is 48.1 Å². The Bertz CT molecular complexity index is 1740. The van der Waals surface area contributed by atoms with Crippen molar-refractivity contribution in [1.29, 1.82) is 0 Å². The summed E-state index contributed by atoms with van der Waals surface area (Å²) in [5.74, 6) is 1.97. The summed E-state index contributed by atoms with van der Waals surface area (Å²) in [5, 5.41) is 18.8. The van der Waals surface area contributed by atoms with Gasteiger partial charge in [0.2, 0.25) is 5.91 Å². The first-order chi connectivity index (χ1) is 25.4. The number of hydrogen-bond donors (Lipinski definition) is 3. The molecule has 9 nitrogen and oxygen atoms in total. The molecule has 1 saturated heterocycles. The second kappa shape index (κ2) is 16.2. The molecule has 0 spiro atoms. The molecule has 8 atom stereocenters. The van der Waals surface area contributed by atoms with Crippen molar-refractivity contribution < 1.29 is 24.3 Å². The number of hydroxylamine groups is 2. The van der Waals surface area contributed by atoms with Crippen molar-refractivity contribution >= 4 is 17.5 Å². The minimum atomic E-state index is -0.595. The van der Waals surface area contributed by atoms with Crippen LogP contribution in [0.3, 0.4) is 0 Å². The van der Waals surface area contributed by atoms with Crippen LogP contribution in [0.25, 0.3) is 11.1 Å². The standard InChI is InChI=1S/C44H60N4O5/c1-27(14-12-17-29-15-10-9-11-16-29)39-38(26-49)53-48(40(39)43(51)46-37-24-33-23-36(28(37)2)44(33,3)4)25-30-18-13-19-35(41(30)52-8)31-20-32(42(50)45-5)22-34(21-31)47(6)7/h9-11,13,15-16,18-22,27-28,33,36-40,49H,12,14,17,23-26H2,1-8H3,(H,45,50)(H,46,51)/t27-,28+,33-,36+,37+,38+,39?,40+/m1/s1. The predicted molar refractivity (Wildman–Crippen MR) is 211 cm³/mol. The highest BCUT2D eigenvalue weighted by molar-refractivity contribution is 5.97. The molecule has 2 amide bonds. The van der Waals surface area contributed by atoms with Crippen molar-refractivity contribution in [1.82, 2.24) is 15.7 Å². The Balaban J connectivity index is 1.31. The SMILES string of the molecule is CNC(=O)c1cc(-c2cccc(CN3O[C@@H](CO)C([C@H](C)CCCc4ccccc4)[C@H]3C(=O)N[C@H]3C[C@H]4C[C@@H]([C@@H]3C)C4(C)C)c2OC)cc(N(C)C)c1. The lowest BCUT2D eigenvalue weighted by molar-refractivity contribution is -0.183. The van der Waals surface area contributed by atoms with Crippen LogP contribution in [0.1, 0.15) is 74.9 Å². The molecule has 1 aliphatic heterocycles. The van der Waals surface area contributed by atoms with Gasteiger partial charge < -0.3 is 25.4 Å². The van der Waals surface area contributed by atoms with E-state index in [2.05, 4.69) is 62.6 Å². The molecule has 7 rings (SSSR count). The first-order valence-corrected chi connectivity index (χ1v) is 19.5. The maximum atomic E-state index is 14.7. The Morgan fingerprint density at radius 1 is 1.08 bits per heavy atom. The third-order valence-corrected chi connectivity index (χ3v) is 13.0. The van der Waals surface area contributed by atoms with Crippen molar-refractivity contribution in [3.63, 3.8) is 0 Å². The second-order valence-corrected chi connectivity index (χ2v) is 16.6. The minimum Gasteiger partial charge on any atom is -0.496 e. The maximum absolute atomic E-state index is 14.7. The van der Waals surface area contributed by atoms with Gasteiger partial charge in [0.15, 0.2) is 0 Å². The smallest absolute Gasteiger partial charge is 0.251 e. The van der Waals surface area contributed by atoms with E-state index in [1.807, 2.05) is 61.5 Å². The number of benzene rings is 3. The van der Waals surface area contributed by atoms with E-state index in [-0.39, 0.29) is 42.8 Å². The zero-order valence-electron chi connectivity index (χ0n) is 32.9. The van der Waals surface area contributed by atoms with E-state index < -0.39 is 12.1 Å². The Morgan fingerprint density at radius 3 is 2.47 bits per heavy atom. The van der Waals surface area contributed by atoms with Crippen molar-refractivity contribution in [3.05, 3.63) is 83.4 Å². The van der Waals surface area contributed by atoms with Gasteiger partial charge >= 0.3 is 0 Å². The van der Waals surface area contributed by atoms with E-state index in [0.29, 0.717) is 34.5 Å². The van der Waals surface area contributed by atoms with Crippen LogP contribution in [0, 0.1) is 35.0 Å². The summed E-state index contributed by atoms with van der Waals surface area (Å²) in [6.45, 7) is 9.37. The van der Waals surface area contributed by atoms with E-state index >= 15 is 0 Å². The first-order valence-electron chi connectivity index (χ1n) is 19.5. The van der Waals surface area contributed by atoms with Gasteiger partial charge in [-0.2, -0.15) is 5.06 Å². The van der Waals surface area contributed by atoms with Crippen LogP contribution < -0.4 is 20.3 Å². The topological polar surface area (TPSA) is 103 Å². The molecule has 53 heavy (non-hydrogen) atoms.